The van der Waals surface area contributed by atoms with Crippen LogP contribution in [0.5, 0.6) is 0 Å². The first-order valence-corrected chi connectivity index (χ1v) is 11.1. The van der Waals surface area contributed by atoms with Gasteiger partial charge in [0.2, 0.25) is 5.89 Å². The zero-order valence-corrected chi connectivity index (χ0v) is 18.0. The molecule has 5 rings (SSSR count). The van der Waals surface area contributed by atoms with Gasteiger partial charge in [0, 0.05) is 6.54 Å². The molecule has 1 aromatic heterocycles. The lowest BCUT2D eigenvalue weighted by Gasteiger charge is -2.41. The van der Waals surface area contributed by atoms with Gasteiger partial charge in [-0.1, -0.05) is 61.7 Å². The predicted molar refractivity (Wildman–Crippen MR) is 120 cm³/mol. The summed E-state index contributed by atoms with van der Waals surface area (Å²) in [5.41, 5.74) is 8.29. The highest BCUT2D eigenvalue weighted by molar-refractivity contribution is 5.94. The number of carbonyl (C=O) groups is 1. The number of nitrogens with zero attached hydrogens (tertiary/aromatic N) is 3. The van der Waals surface area contributed by atoms with Gasteiger partial charge in [-0.05, 0) is 37.1 Å². The van der Waals surface area contributed by atoms with Gasteiger partial charge in [-0.15, -0.1) is 0 Å². The van der Waals surface area contributed by atoms with Crippen LogP contribution in [-0.2, 0) is 11.3 Å². The summed E-state index contributed by atoms with van der Waals surface area (Å²) in [6, 6.07) is 16.4. The van der Waals surface area contributed by atoms with Gasteiger partial charge >= 0.3 is 0 Å². The van der Waals surface area contributed by atoms with Crippen LogP contribution in [0.1, 0.15) is 49.2 Å². The highest BCUT2D eigenvalue weighted by Gasteiger charge is 2.41. The average molecular weight is 417 g/mol. The van der Waals surface area contributed by atoms with Crippen LogP contribution in [0.2, 0.25) is 0 Å². The molecule has 1 fully saturated rings. The van der Waals surface area contributed by atoms with Crippen LogP contribution in [0.25, 0.3) is 11.1 Å². The number of piperazine rings is 1. The number of amides is 1. The summed E-state index contributed by atoms with van der Waals surface area (Å²) in [4.78, 5) is 19.8. The Kier molecular flexibility index (Phi) is 5.24. The first kappa shape index (κ1) is 19.8. The van der Waals surface area contributed by atoms with E-state index >= 15 is 0 Å². The number of hydrazine groups is 1. The molecule has 0 spiro atoms. The first-order chi connectivity index (χ1) is 15.1. The Hall–Kier alpha value is -3.12. The van der Waals surface area contributed by atoms with Gasteiger partial charge < -0.3 is 9.32 Å². The molecule has 1 saturated heterocycles. The van der Waals surface area contributed by atoms with E-state index in [1.54, 1.807) is 0 Å². The van der Waals surface area contributed by atoms with Crippen LogP contribution >= 0.6 is 0 Å². The Morgan fingerprint density at radius 2 is 1.97 bits per heavy atom. The molecule has 2 aromatic carbocycles. The lowest BCUT2D eigenvalue weighted by Crippen LogP contribution is -2.56. The molecule has 0 aliphatic carbocycles. The van der Waals surface area contributed by atoms with E-state index in [9.17, 15) is 4.79 Å². The van der Waals surface area contributed by atoms with Crippen LogP contribution in [-0.4, -0.2) is 33.4 Å². The van der Waals surface area contributed by atoms with E-state index in [0.29, 0.717) is 19.0 Å². The molecular weight excluding hydrogens is 388 g/mol. The highest BCUT2D eigenvalue weighted by Crippen LogP contribution is 2.32. The summed E-state index contributed by atoms with van der Waals surface area (Å²) in [7, 11) is 0. The lowest BCUT2D eigenvalue weighted by atomic mass is 10.0. The molecule has 6 nitrogen and oxygen atoms in total. The first-order valence-electron chi connectivity index (χ1n) is 11.1. The van der Waals surface area contributed by atoms with Gasteiger partial charge in [-0.2, -0.15) is 0 Å². The van der Waals surface area contributed by atoms with Crippen LogP contribution in [0, 0.1) is 6.92 Å². The molecule has 2 unspecified atom stereocenters. The number of para-hydroxylation sites is 2. The van der Waals surface area contributed by atoms with E-state index in [1.165, 1.54) is 11.1 Å². The third kappa shape index (κ3) is 3.83. The van der Waals surface area contributed by atoms with Gasteiger partial charge in [-0.3, -0.25) is 9.80 Å². The standard InChI is InChI=1S/C25H28N4O2/c1-3-4-7-19-15-28(16-24-26-20-8-5-6-9-23(20)31-24)25(30)22-14-21(27-29(19)22)18-12-10-17(2)11-13-18/h5-6,8-14,19,21,27H,3-4,7,15-16H2,1-2H3. The molecule has 0 radical (unpaired) electrons. The maximum atomic E-state index is 13.4. The maximum absolute atomic E-state index is 13.4. The minimum atomic E-state index is 0.00736. The van der Waals surface area contributed by atoms with Gasteiger partial charge in [0.25, 0.3) is 5.91 Å². The Morgan fingerprint density at radius 1 is 1.16 bits per heavy atom. The number of carbonyl (C=O) groups excluding carboxylic acids is 1. The lowest BCUT2D eigenvalue weighted by molar-refractivity contribution is -0.135. The molecule has 0 bridgehead atoms. The summed E-state index contributed by atoms with van der Waals surface area (Å²) in [6.07, 6.45) is 5.34. The molecule has 0 saturated carbocycles. The maximum Gasteiger partial charge on any atom is 0.271 e. The summed E-state index contributed by atoms with van der Waals surface area (Å²) < 4.78 is 5.89. The fraction of sp³-hybridized carbons (Fsp3) is 0.360. The van der Waals surface area contributed by atoms with E-state index in [2.05, 4.69) is 59.6 Å². The van der Waals surface area contributed by atoms with Crippen molar-refractivity contribution in [2.24, 2.45) is 0 Å². The molecule has 6 heteroatoms. The zero-order chi connectivity index (χ0) is 21.4. The van der Waals surface area contributed by atoms with Crippen LogP contribution in [0.3, 0.4) is 0 Å². The SMILES string of the molecule is CCCCC1CN(Cc2nc3ccccc3o2)C(=O)C2=CC(c3ccc(C)cc3)NN21. The third-order valence-corrected chi connectivity index (χ3v) is 6.16. The van der Waals surface area contributed by atoms with Crippen molar-refractivity contribution in [1.82, 2.24) is 20.3 Å². The van der Waals surface area contributed by atoms with Gasteiger partial charge in [0.05, 0.1) is 18.6 Å². The number of hydrogen-bond acceptors (Lipinski definition) is 5. The summed E-state index contributed by atoms with van der Waals surface area (Å²) in [6.45, 7) is 5.33. The smallest absolute Gasteiger partial charge is 0.271 e. The fourth-order valence-electron chi connectivity index (χ4n) is 4.44. The third-order valence-electron chi connectivity index (χ3n) is 6.16. The molecule has 3 heterocycles. The van der Waals surface area contributed by atoms with E-state index in [0.717, 1.165) is 36.1 Å². The number of aryl methyl sites for hydroxylation is 1. The highest BCUT2D eigenvalue weighted by atomic mass is 16.3. The van der Waals surface area contributed by atoms with Gasteiger partial charge in [0.15, 0.2) is 5.58 Å². The van der Waals surface area contributed by atoms with Crippen LogP contribution < -0.4 is 5.43 Å². The van der Waals surface area contributed by atoms with Crippen molar-refractivity contribution in [2.75, 3.05) is 6.54 Å². The molecule has 1 amide bonds. The van der Waals surface area contributed by atoms with E-state index in [1.807, 2.05) is 29.2 Å². The normalized spacial score (nSPS) is 21.0. The Bertz CT molecular complexity index is 1090. The number of aromatic nitrogens is 1. The van der Waals surface area contributed by atoms with Crippen LogP contribution in [0.4, 0.5) is 0 Å². The quantitative estimate of drug-likeness (QED) is 0.642. The molecule has 3 aromatic rings. The second-order valence-corrected chi connectivity index (χ2v) is 8.50. The number of hydrogen-bond donors (Lipinski definition) is 1. The Balaban J connectivity index is 1.41. The molecule has 2 aliphatic rings. The molecule has 1 N–H and O–H groups in total. The predicted octanol–water partition coefficient (Wildman–Crippen LogP) is 4.48. The van der Waals surface area contributed by atoms with Crippen molar-refractivity contribution >= 4 is 17.0 Å². The van der Waals surface area contributed by atoms with Crippen LogP contribution in [0.15, 0.2) is 64.7 Å². The van der Waals surface area contributed by atoms with E-state index in [4.69, 9.17) is 4.42 Å². The monoisotopic (exact) mass is 416 g/mol. The molecule has 160 valence electrons. The average Bonchev–Trinajstić information content (AvgIpc) is 3.40. The van der Waals surface area contributed by atoms with Gasteiger partial charge in [-0.25, -0.2) is 10.4 Å². The number of benzene rings is 2. The number of unbranched alkanes of at least 4 members (excludes halogenated alkanes) is 1. The summed E-state index contributed by atoms with van der Waals surface area (Å²) in [5, 5.41) is 2.10. The fourth-order valence-corrected chi connectivity index (χ4v) is 4.44. The zero-order valence-electron chi connectivity index (χ0n) is 18.0. The molecule has 2 atom stereocenters. The Labute approximate surface area is 182 Å². The second kappa shape index (κ2) is 8.19. The number of oxazole rings is 1. The van der Waals surface area contributed by atoms with Crippen molar-refractivity contribution in [3.63, 3.8) is 0 Å². The Morgan fingerprint density at radius 3 is 2.74 bits per heavy atom. The van der Waals surface area contributed by atoms with Crippen molar-refractivity contribution in [3.05, 3.63) is 77.3 Å². The topological polar surface area (TPSA) is 61.6 Å². The van der Waals surface area contributed by atoms with Gasteiger partial charge in [0.1, 0.15) is 11.2 Å². The molecule has 31 heavy (non-hydrogen) atoms. The van der Waals surface area contributed by atoms with E-state index in [-0.39, 0.29) is 18.0 Å². The minimum Gasteiger partial charge on any atom is -0.439 e. The summed E-state index contributed by atoms with van der Waals surface area (Å²) in [5.74, 6) is 0.607. The van der Waals surface area contributed by atoms with Crippen molar-refractivity contribution in [3.8, 4) is 0 Å². The second-order valence-electron chi connectivity index (χ2n) is 8.50. The molecule has 2 aliphatic heterocycles. The van der Waals surface area contributed by atoms with Crippen molar-refractivity contribution in [2.45, 2.75) is 51.7 Å². The minimum absolute atomic E-state index is 0.00736. The molecular formula is C25H28N4O2. The summed E-state index contributed by atoms with van der Waals surface area (Å²) >= 11 is 0. The van der Waals surface area contributed by atoms with Crippen molar-refractivity contribution < 1.29 is 9.21 Å². The number of nitrogens with one attached hydrogen (secondary N) is 1. The van der Waals surface area contributed by atoms with E-state index < -0.39 is 0 Å². The number of rotatable bonds is 6. The van der Waals surface area contributed by atoms with Crippen molar-refractivity contribution in [1.29, 1.82) is 0 Å². The number of fused-ring (bicyclic) bond motifs is 2. The largest absolute Gasteiger partial charge is 0.439 e.